The number of aromatic amines is 1. The fourth-order valence-corrected chi connectivity index (χ4v) is 5.93. The van der Waals surface area contributed by atoms with Gasteiger partial charge in [0.2, 0.25) is 5.91 Å². The Morgan fingerprint density at radius 1 is 1.31 bits per heavy atom. The first-order chi connectivity index (χ1) is 17.0. The molecule has 2 fully saturated rings. The van der Waals surface area contributed by atoms with Crippen molar-refractivity contribution < 1.29 is 14.3 Å². The van der Waals surface area contributed by atoms with E-state index in [9.17, 15) is 9.90 Å². The molecule has 5 unspecified atom stereocenters. The molecule has 1 aromatic carbocycles. The number of nitrogens with zero attached hydrogens (tertiary/aromatic N) is 2. The average Bonchev–Trinajstić information content (AvgIpc) is 3.62. The molecule has 0 bridgehead atoms. The molecule has 188 valence electrons. The lowest BCUT2D eigenvalue weighted by molar-refractivity contribution is -0.120. The van der Waals surface area contributed by atoms with Crippen molar-refractivity contribution in [3.8, 4) is 5.75 Å². The van der Waals surface area contributed by atoms with Crippen LogP contribution in [0, 0.1) is 5.92 Å². The maximum absolute atomic E-state index is 15.8. The number of phenolic OH excluding ortho intramolecular Hbond substituents is 1. The molecule has 0 radical (unpaired) electrons. The minimum Gasteiger partial charge on any atom is -0.508 e. The largest absolute Gasteiger partial charge is 0.508 e. The van der Waals surface area contributed by atoms with E-state index < -0.39 is 6.17 Å². The molecule has 1 saturated carbocycles. The molecule has 1 saturated heterocycles. The van der Waals surface area contributed by atoms with Crippen LogP contribution in [-0.4, -0.2) is 64.8 Å². The zero-order valence-electron chi connectivity index (χ0n) is 20.4. The number of H-pyrrole nitrogens is 1. The Bertz CT molecular complexity index is 1100. The highest BCUT2D eigenvalue weighted by Crippen LogP contribution is 2.45. The van der Waals surface area contributed by atoms with Crippen molar-refractivity contribution in [1.82, 2.24) is 31.0 Å². The predicted octanol–water partition coefficient (Wildman–Crippen LogP) is 2.56. The van der Waals surface area contributed by atoms with Crippen LogP contribution in [0.15, 0.2) is 30.5 Å². The van der Waals surface area contributed by atoms with Gasteiger partial charge in [0.1, 0.15) is 17.7 Å². The zero-order chi connectivity index (χ0) is 24.5. The van der Waals surface area contributed by atoms with Crippen molar-refractivity contribution in [2.45, 2.75) is 56.8 Å². The Morgan fingerprint density at radius 2 is 2.17 bits per heavy atom. The summed E-state index contributed by atoms with van der Waals surface area (Å²) >= 11 is 0. The summed E-state index contributed by atoms with van der Waals surface area (Å²) in [6, 6.07) is 4.94. The van der Waals surface area contributed by atoms with E-state index in [1.165, 1.54) is 5.57 Å². The van der Waals surface area contributed by atoms with E-state index in [0.717, 1.165) is 61.5 Å². The smallest absolute Gasteiger partial charge is 0.221 e. The van der Waals surface area contributed by atoms with Crippen LogP contribution in [0.2, 0.25) is 0 Å². The summed E-state index contributed by atoms with van der Waals surface area (Å²) in [5.41, 5.74) is 10.7. The van der Waals surface area contributed by atoms with Crippen molar-refractivity contribution in [1.29, 1.82) is 0 Å². The van der Waals surface area contributed by atoms with Gasteiger partial charge in [-0.2, -0.15) is 0 Å². The van der Waals surface area contributed by atoms with Crippen LogP contribution in [0.5, 0.6) is 5.75 Å². The summed E-state index contributed by atoms with van der Waals surface area (Å²) < 4.78 is 15.8. The van der Waals surface area contributed by atoms with E-state index in [-0.39, 0.29) is 35.6 Å². The average molecular weight is 483 g/mol. The van der Waals surface area contributed by atoms with Gasteiger partial charge in [0.25, 0.3) is 0 Å². The topological polar surface area (TPSA) is 105 Å². The summed E-state index contributed by atoms with van der Waals surface area (Å²) in [5, 5.41) is 12.5. The number of hydrazine groups is 1. The van der Waals surface area contributed by atoms with Crippen LogP contribution in [0.3, 0.4) is 0 Å². The third-order valence-corrected chi connectivity index (χ3v) is 7.90. The Morgan fingerprint density at radius 3 is 2.97 bits per heavy atom. The Balaban J connectivity index is 1.24. The highest BCUT2D eigenvalue weighted by molar-refractivity contribution is 5.75. The predicted molar refractivity (Wildman–Crippen MR) is 132 cm³/mol. The van der Waals surface area contributed by atoms with Gasteiger partial charge in [0.15, 0.2) is 0 Å². The SMILES string of the molecule is CCc1cc(O)ccc1C1CCC2C(c3ncc(C4=CCN(CCC(=O)NC)C4)[nH]3)NNC2C1F. The van der Waals surface area contributed by atoms with Crippen LogP contribution in [0.4, 0.5) is 4.39 Å². The first kappa shape index (κ1) is 24.0. The molecule has 3 heterocycles. The monoisotopic (exact) mass is 482 g/mol. The van der Waals surface area contributed by atoms with Crippen molar-refractivity contribution in [2.75, 3.05) is 26.7 Å². The Hall–Kier alpha value is -2.75. The number of halogens is 1. The molecule has 9 heteroatoms. The van der Waals surface area contributed by atoms with Crippen LogP contribution in [0.1, 0.15) is 60.8 Å². The fourth-order valence-electron chi connectivity index (χ4n) is 5.93. The van der Waals surface area contributed by atoms with Gasteiger partial charge >= 0.3 is 0 Å². The third-order valence-electron chi connectivity index (χ3n) is 7.90. The summed E-state index contributed by atoms with van der Waals surface area (Å²) in [7, 11) is 1.66. The van der Waals surface area contributed by atoms with E-state index in [2.05, 4.69) is 37.1 Å². The molecule has 5 rings (SSSR count). The molecule has 3 aliphatic rings. The Kier molecular flexibility index (Phi) is 6.91. The first-order valence-corrected chi connectivity index (χ1v) is 12.6. The molecule has 5 atom stereocenters. The van der Waals surface area contributed by atoms with Crippen molar-refractivity contribution in [3.63, 3.8) is 0 Å². The van der Waals surface area contributed by atoms with E-state index in [4.69, 9.17) is 0 Å². The normalized spacial score (nSPS) is 28.7. The molecule has 0 spiro atoms. The molecule has 8 nitrogen and oxygen atoms in total. The lowest BCUT2D eigenvalue weighted by atomic mass is 9.71. The number of aromatic nitrogens is 2. The highest BCUT2D eigenvalue weighted by atomic mass is 19.1. The summed E-state index contributed by atoms with van der Waals surface area (Å²) in [6.07, 6.45) is 5.92. The van der Waals surface area contributed by atoms with Crippen molar-refractivity contribution >= 4 is 11.5 Å². The van der Waals surface area contributed by atoms with Crippen molar-refractivity contribution in [3.05, 3.63) is 53.1 Å². The lowest BCUT2D eigenvalue weighted by Gasteiger charge is -2.36. The minimum atomic E-state index is -1.03. The number of carbonyl (C=O) groups excluding carboxylic acids is 1. The fraction of sp³-hybridized carbons (Fsp3) is 0.538. The molecule has 35 heavy (non-hydrogen) atoms. The number of benzene rings is 1. The molecule has 2 aromatic rings. The number of rotatable bonds is 7. The van der Waals surface area contributed by atoms with Crippen LogP contribution in [-0.2, 0) is 11.2 Å². The summed E-state index contributed by atoms with van der Waals surface area (Å²) in [6.45, 7) is 4.36. The lowest BCUT2D eigenvalue weighted by Crippen LogP contribution is -2.45. The highest BCUT2D eigenvalue weighted by Gasteiger charge is 2.48. The van der Waals surface area contributed by atoms with Gasteiger partial charge in [0, 0.05) is 44.9 Å². The van der Waals surface area contributed by atoms with Crippen LogP contribution < -0.4 is 16.2 Å². The number of hydrogen-bond acceptors (Lipinski definition) is 6. The van der Waals surface area contributed by atoms with E-state index in [1.807, 2.05) is 19.2 Å². The van der Waals surface area contributed by atoms with Gasteiger partial charge < -0.3 is 15.4 Å². The molecule has 1 aromatic heterocycles. The summed E-state index contributed by atoms with van der Waals surface area (Å²) in [5.74, 6) is 1.03. The molecule has 5 N–H and O–H groups in total. The molecule has 1 aliphatic carbocycles. The first-order valence-electron chi connectivity index (χ1n) is 12.6. The molecule has 2 aliphatic heterocycles. The van der Waals surface area contributed by atoms with Crippen molar-refractivity contribution in [2.24, 2.45) is 5.92 Å². The minimum absolute atomic E-state index is 0.0499. The molecular formula is C26H35FN6O2. The summed E-state index contributed by atoms with van der Waals surface area (Å²) in [4.78, 5) is 21.9. The number of aryl methyl sites for hydroxylation is 1. The number of amides is 1. The molecular weight excluding hydrogens is 447 g/mol. The van der Waals surface area contributed by atoms with Gasteiger partial charge in [-0.25, -0.2) is 14.8 Å². The zero-order valence-corrected chi connectivity index (χ0v) is 20.4. The molecule has 1 amide bonds. The second-order valence-electron chi connectivity index (χ2n) is 9.89. The maximum Gasteiger partial charge on any atom is 0.221 e. The van der Waals surface area contributed by atoms with Crippen LogP contribution >= 0.6 is 0 Å². The number of hydrogen-bond donors (Lipinski definition) is 5. The van der Waals surface area contributed by atoms with E-state index in [0.29, 0.717) is 6.42 Å². The maximum atomic E-state index is 15.8. The standard InChI is InChI=1S/C26H35FN6O2/c1-3-15-12-17(34)4-5-18(15)19-6-7-20-24(23(19)27)31-32-25(20)26-29-13-21(30-26)16-8-10-33(14-16)11-9-22(35)28-2/h4-5,8,12-13,19-20,23-25,31-32,34H,3,6-7,9-11,14H2,1-2H3,(H,28,35)(H,29,30). The number of nitrogens with one attached hydrogen (secondary N) is 4. The van der Waals surface area contributed by atoms with Crippen LogP contribution in [0.25, 0.3) is 5.57 Å². The van der Waals surface area contributed by atoms with Gasteiger partial charge in [0.05, 0.1) is 24.0 Å². The van der Waals surface area contributed by atoms with Gasteiger partial charge in [-0.3, -0.25) is 15.1 Å². The van der Waals surface area contributed by atoms with E-state index in [1.54, 1.807) is 19.2 Å². The number of carbonyl (C=O) groups is 1. The van der Waals surface area contributed by atoms with E-state index >= 15 is 4.39 Å². The number of imidazole rings is 1. The quantitative estimate of drug-likeness (QED) is 0.416. The number of phenols is 1. The second-order valence-corrected chi connectivity index (χ2v) is 9.89. The third kappa shape index (κ3) is 4.72. The Labute approximate surface area is 205 Å². The van der Waals surface area contributed by atoms with Gasteiger partial charge in [-0.1, -0.05) is 19.1 Å². The number of fused-ring (bicyclic) bond motifs is 1. The van der Waals surface area contributed by atoms with Gasteiger partial charge in [-0.15, -0.1) is 0 Å². The second kappa shape index (κ2) is 10.1. The number of aromatic hydroxyl groups is 1. The number of alkyl halides is 1. The van der Waals surface area contributed by atoms with Gasteiger partial charge in [-0.05, 0) is 48.1 Å².